The molecule has 12 heteroatoms. The van der Waals surface area contributed by atoms with Gasteiger partial charge in [-0.15, -0.1) is 0 Å². The number of carbonyl (C=O) groups excluding carboxylic acids is 2. The zero-order valence-electron chi connectivity index (χ0n) is 19.5. The molecule has 10 nitrogen and oxygen atoms in total. The first-order valence-corrected chi connectivity index (χ1v) is 11.2. The molecule has 192 valence electrons. The van der Waals surface area contributed by atoms with Crippen LogP contribution in [0.5, 0.6) is 17.2 Å². The van der Waals surface area contributed by atoms with Gasteiger partial charge in [-0.05, 0) is 29.8 Å². The lowest BCUT2D eigenvalue weighted by Gasteiger charge is -2.25. The Kier molecular flexibility index (Phi) is 6.44. The molecule has 0 spiro atoms. The smallest absolute Gasteiger partial charge is 0.261 e. The van der Waals surface area contributed by atoms with E-state index in [1.807, 2.05) is 0 Å². The number of nitrogens with zero attached hydrogens (tertiary/aromatic N) is 1. The van der Waals surface area contributed by atoms with Gasteiger partial charge < -0.3 is 30.8 Å². The second-order valence-corrected chi connectivity index (χ2v) is 8.20. The number of hydrogen-bond acceptors (Lipinski definition) is 7. The number of primary amides is 1. The van der Waals surface area contributed by atoms with E-state index in [-0.39, 0.29) is 40.6 Å². The largest absolute Gasteiger partial charge is 0.471 e. The maximum absolute atomic E-state index is 14.9. The summed E-state index contributed by atoms with van der Waals surface area (Å²) in [7, 11) is 0. The Labute approximate surface area is 213 Å². The van der Waals surface area contributed by atoms with Crippen LogP contribution in [-0.4, -0.2) is 34.4 Å². The van der Waals surface area contributed by atoms with Crippen molar-refractivity contribution < 1.29 is 27.8 Å². The van der Waals surface area contributed by atoms with E-state index < -0.39 is 35.0 Å². The number of aromatic nitrogens is 2. The standard InChI is InChI=1S/C26H19F2N5O5/c27-14-3-1-13(2-4-14)16-10-30-11-17(22(16)34)26(36)33-15-5-6-19(18(28)9-15)37-20-7-8-31-25-23(20)38-21(12-32-25)24(29)35/h1-11,21H,12H2,(H2,29,35)(H,30,34)(H,31,32)(H,33,36). The Morgan fingerprint density at radius 2 is 1.87 bits per heavy atom. The quantitative estimate of drug-likeness (QED) is 0.305. The van der Waals surface area contributed by atoms with Crippen molar-refractivity contribution in [2.75, 3.05) is 17.2 Å². The first-order valence-electron chi connectivity index (χ1n) is 11.2. The summed E-state index contributed by atoms with van der Waals surface area (Å²) >= 11 is 0. The first-order chi connectivity index (χ1) is 18.3. The molecule has 1 aliphatic heterocycles. The third-order valence-corrected chi connectivity index (χ3v) is 5.65. The van der Waals surface area contributed by atoms with Crippen molar-refractivity contribution in [3.05, 3.63) is 94.5 Å². The van der Waals surface area contributed by atoms with Crippen LogP contribution in [0.15, 0.2) is 71.9 Å². The number of hydrogen-bond donors (Lipinski definition) is 4. The molecule has 2 amide bonds. The number of amides is 2. The number of H-pyrrole nitrogens is 1. The van der Waals surface area contributed by atoms with Crippen molar-refractivity contribution >= 4 is 23.3 Å². The zero-order valence-corrected chi connectivity index (χ0v) is 19.5. The van der Waals surface area contributed by atoms with E-state index in [4.69, 9.17) is 15.2 Å². The Hall–Kier alpha value is -5.26. The average molecular weight is 519 g/mol. The molecule has 0 saturated heterocycles. The summed E-state index contributed by atoms with van der Waals surface area (Å²) in [6, 6.07) is 10.4. The molecule has 4 aromatic rings. The highest BCUT2D eigenvalue weighted by molar-refractivity contribution is 6.04. The summed E-state index contributed by atoms with van der Waals surface area (Å²) in [5.41, 5.74) is 5.16. The molecule has 0 radical (unpaired) electrons. The monoisotopic (exact) mass is 519 g/mol. The molecule has 0 aliphatic carbocycles. The third kappa shape index (κ3) is 4.87. The van der Waals surface area contributed by atoms with Gasteiger partial charge in [0.05, 0.1) is 6.54 Å². The predicted octanol–water partition coefficient (Wildman–Crippen LogP) is 3.42. The summed E-state index contributed by atoms with van der Waals surface area (Å²) in [4.78, 5) is 44.0. The lowest BCUT2D eigenvalue weighted by molar-refractivity contribution is -0.124. The van der Waals surface area contributed by atoms with E-state index >= 15 is 0 Å². The fourth-order valence-electron chi connectivity index (χ4n) is 3.76. The number of halogens is 2. The lowest BCUT2D eigenvalue weighted by atomic mass is 10.0. The van der Waals surface area contributed by atoms with Crippen LogP contribution < -0.4 is 31.3 Å². The summed E-state index contributed by atoms with van der Waals surface area (Å²) in [6.45, 7) is 0.122. The van der Waals surface area contributed by atoms with Gasteiger partial charge >= 0.3 is 0 Å². The van der Waals surface area contributed by atoms with Crippen molar-refractivity contribution in [3.63, 3.8) is 0 Å². The summed E-state index contributed by atoms with van der Waals surface area (Å²) in [5, 5.41) is 5.38. The fourth-order valence-corrected chi connectivity index (χ4v) is 3.76. The maximum atomic E-state index is 14.9. The number of nitrogens with one attached hydrogen (secondary N) is 3. The molecule has 0 bridgehead atoms. The minimum absolute atomic E-state index is 0.0647. The molecule has 3 heterocycles. The van der Waals surface area contributed by atoms with Gasteiger partial charge in [0.1, 0.15) is 11.4 Å². The normalized spacial score (nSPS) is 14.0. The van der Waals surface area contributed by atoms with E-state index in [1.54, 1.807) is 0 Å². The maximum Gasteiger partial charge on any atom is 0.261 e. The molecule has 2 aromatic heterocycles. The second-order valence-electron chi connectivity index (χ2n) is 8.20. The molecular weight excluding hydrogens is 500 g/mol. The predicted molar refractivity (Wildman–Crippen MR) is 133 cm³/mol. The van der Waals surface area contributed by atoms with Crippen LogP contribution in [0.4, 0.5) is 20.3 Å². The fraction of sp³-hybridized carbons (Fsp3) is 0.0769. The van der Waals surface area contributed by atoms with Gasteiger partial charge in [-0.3, -0.25) is 14.4 Å². The van der Waals surface area contributed by atoms with E-state index in [0.29, 0.717) is 11.4 Å². The van der Waals surface area contributed by atoms with Crippen LogP contribution in [0.2, 0.25) is 0 Å². The summed E-state index contributed by atoms with van der Waals surface area (Å²) in [6.07, 6.45) is 3.08. The Morgan fingerprint density at radius 1 is 1.08 bits per heavy atom. The van der Waals surface area contributed by atoms with Crippen molar-refractivity contribution in [1.29, 1.82) is 0 Å². The van der Waals surface area contributed by atoms with Crippen molar-refractivity contribution in [3.8, 4) is 28.4 Å². The minimum atomic E-state index is -0.957. The Morgan fingerprint density at radius 3 is 2.61 bits per heavy atom. The molecule has 38 heavy (non-hydrogen) atoms. The summed E-state index contributed by atoms with van der Waals surface area (Å²) < 4.78 is 39.4. The Bertz CT molecular complexity index is 1610. The van der Waals surface area contributed by atoms with Crippen LogP contribution in [0.1, 0.15) is 10.4 Å². The number of pyridine rings is 2. The molecule has 5 rings (SSSR count). The number of nitrogens with two attached hydrogens (primary N) is 1. The van der Waals surface area contributed by atoms with Crippen molar-refractivity contribution in [2.45, 2.75) is 6.10 Å². The number of rotatable bonds is 6. The van der Waals surface area contributed by atoms with Crippen LogP contribution in [-0.2, 0) is 4.79 Å². The highest BCUT2D eigenvalue weighted by Gasteiger charge is 2.28. The molecule has 1 atom stereocenters. The van der Waals surface area contributed by atoms with Gasteiger partial charge in [0.25, 0.3) is 11.8 Å². The van der Waals surface area contributed by atoms with Gasteiger partial charge in [-0.25, -0.2) is 13.8 Å². The second kappa shape index (κ2) is 10.0. The lowest BCUT2D eigenvalue weighted by Crippen LogP contribution is -2.42. The van der Waals surface area contributed by atoms with Gasteiger partial charge in [-0.2, -0.15) is 0 Å². The zero-order chi connectivity index (χ0) is 26.8. The number of aromatic amines is 1. The van der Waals surface area contributed by atoms with Crippen LogP contribution >= 0.6 is 0 Å². The molecular formula is C26H19F2N5O5. The van der Waals surface area contributed by atoms with E-state index in [1.165, 1.54) is 61.1 Å². The van der Waals surface area contributed by atoms with Crippen molar-refractivity contribution in [2.24, 2.45) is 5.73 Å². The summed E-state index contributed by atoms with van der Waals surface area (Å²) in [5.74, 6) is -2.45. The van der Waals surface area contributed by atoms with E-state index in [0.717, 1.165) is 6.07 Å². The molecule has 2 aromatic carbocycles. The number of anilines is 2. The molecule has 1 unspecified atom stereocenters. The van der Waals surface area contributed by atoms with E-state index in [2.05, 4.69) is 20.6 Å². The Balaban J connectivity index is 1.34. The number of ether oxygens (including phenoxy) is 2. The minimum Gasteiger partial charge on any atom is -0.471 e. The van der Waals surface area contributed by atoms with Gasteiger partial charge in [0.15, 0.2) is 29.2 Å². The molecule has 1 aliphatic rings. The third-order valence-electron chi connectivity index (χ3n) is 5.65. The topological polar surface area (TPSA) is 148 Å². The van der Waals surface area contributed by atoms with Crippen molar-refractivity contribution in [1.82, 2.24) is 9.97 Å². The molecule has 0 fully saturated rings. The van der Waals surface area contributed by atoms with Gasteiger partial charge in [-0.1, -0.05) is 12.1 Å². The first kappa shape index (κ1) is 24.4. The van der Waals surface area contributed by atoms with Crippen LogP contribution in [0.25, 0.3) is 11.1 Å². The highest BCUT2D eigenvalue weighted by Crippen LogP contribution is 2.39. The number of carbonyl (C=O) groups is 2. The average Bonchev–Trinajstić information content (AvgIpc) is 2.90. The highest BCUT2D eigenvalue weighted by atomic mass is 19.1. The molecule has 5 N–H and O–H groups in total. The van der Waals surface area contributed by atoms with Gasteiger partial charge in [0, 0.05) is 42.0 Å². The van der Waals surface area contributed by atoms with Crippen LogP contribution in [0, 0.1) is 11.6 Å². The number of benzene rings is 2. The van der Waals surface area contributed by atoms with Gasteiger partial charge in [0.2, 0.25) is 11.2 Å². The van der Waals surface area contributed by atoms with Crippen LogP contribution in [0.3, 0.4) is 0 Å². The number of fused-ring (bicyclic) bond motifs is 1. The van der Waals surface area contributed by atoms with E-state index in [9.17, 15) is 23.2 Å². The SMILES string of the molecule is NC(=O)C1CNc2nccc(Oc3ccc(NC(=O)c4c[nH]cc(-c5ccc(F)cc5)c4=O)cc3F)c2O1. The molecule has 0 saturated carbocycles.